The van der Waals surface area contributed by atoms with Gasteiger partial charge in [0.05, 0.1) is 5.69 Å². The van der Waals surface area contributed by atoms with Gasteiger partial charge in [0.15, 0.2) is 0 Å². The summed E-state index contributed by atoms with van der Waals surface area (Å²) in [4.78, 5) is 3.84. The Balaban J connectivity index is 2.44. The smallest absolute Gasteiger partial charge is 0.263 e. The molecule has 20 heavy (non-hydrogen) atoms. The number of benzene rings is 1. The summed E-state index contributed by atoms with van der Waals surface area (Å²) < 4.78 is 27.4. The van der Waals surface area contributed by atoms with Crippen LogP contribution in [-0.4, -0.2) is 18.5 Å². The number of anilines is 1. The summed E-state index contributed by atoms with van der Waals surface area (Å²) >= 11 is 3.17. The number of phenolic OH excluding ortho intramolecular Hbond substituents is 1. The molecule has 0 bridgehead atoms. The fraction of sp³-hybridized carbons (Fsp3) is 0.154. The van der Waals surface area contributed by atoms with Gasteiger partial charge in [0.25, 0.3) is 10.0 Å². The largest absolute Gasteiger partial charge is 0.505 e. The highest BCUT2D eigenvalue weighted by molar-refractivity contribution is 9.10. The van der Waals surface area contributed by atoms with Crippen molar-refractivity contribution in [3.05, 3.63) is 46.2 Å². The second kappa shape index (κ2) is 5.41. The number of aromatic hydroxyl groups is 1. The van der Waals surface area contributed by atoms with Crippen LogP contribution in [0.4, 0.5) is 5.69 Å². The molecule has 0 aliphatic heterocycles. The number of sulfonamides is 1. The van der Waals surface area contributed by atoms with E-state index in [-0.39, 0.29) is 16.3 Å². The summed E-state index contributed by atoms with van der Waals surface area (Å²) in [5.74, 6) is -0.0814. The van der Waals surface area contributed by atoms with Crippen LogP contribution in [-0.2, 0) is 10.0 Å². The molecular weight excluding hydrogens is 344 g/mol. The van der Waals surface area contributed by atoms with Gasteiger partial charge < -0.3 is 5.11 Å². The number of rotatable bonds is 3. The van der Waals surface area contributed by atoms with Gasteiger partial charge in [-0.3, -0.25) is 9.71 Å². The number of nitrogens with zero attached hydrogens (tertiary/aromatic N) is 1. The van der Waals surface area contributed by atoms with Crippen LogP contribution in [0.15, 0.2) is 40.0 Å². The molecule has 1 aromatic carbocycles. The molecule has 0 saturated heterocycles. The molecule has 0 amide bonds. The van der Waals surface area contributed by atoms with E-state index < -0.39 is 10.0 Å². The van der Waals surface area contributed by atoms with Crippen LogP contribution < -0.4 is 4.72 Å². The standard InChI is InChI=1S/C13H13BrN2O3S/c1-8-3-9(2)13(17)12(4-8)16-20(18,19)11-5-10(14)6-15-7-11/h3-7,16-17H,1-2H3. The highest BCUT2D eigenvalue weighted by atomic mass is 79.9. The minimum atomic E-state index is -3.79. The van der Waals surface area contributed by atoms with Crippen molar-refractivity contribution in [1.82, 2.24) is 4.98 Å². The number of aromatic nitrogens is 1. The predicted molar refractivity (Wildman–Crippen MR) is 80.3 cm³/mol. The molecule has 0 spiro atoms. The summed E-state index contributed by atoms with van der Waals surface area (Å²) in [5, 5.41) is 9.93. The SMILES string of the molecule is Cc1cc(C)c(O)c(NS(=O)(=O)c2cncc(Br)c2)c1. The Kier molecular flexibility index (Phi) is 4.01. The van der Waals surface area contributed by atoms with Crippen LogP contribution in [0.3, 0.4) is 0 Å². The van der Waals surface area contributed by atoms with E-state index in [9.17, 15) is 13.5 Å². The number of halogens is 1. The van der Waals surface area contributed by atoms with Crippen LogP contribution >= 0.6 is 15.9 Å². The Bertz CT molecular complexity index is 760. The lowest BCUT2D eigenvalue weighted by Gasteiger charge is -2.12. The van der Waals surface area contributed by atoms with E-state index in [0.29, 0.717) is 10.0 Å². The zero-order valence-corrected chi connectivity index (χ0v) is 13.3. The lowest BCUT2D eigenvalue weighted by molar-refractivity contribution is 0.473. The summed E-state index contributed by atoms with van der Waals surface area (Å²) in [6, 6.07) is 4.79. The van der Waals surface area contributed by atoms with Crippen molar-refractivity contribution in [3.63, 3.8) is 0 Å². The molecule has 0 aliphatic rings. The van der Waals surface area contributed by atoms with E-state index >= 15 is 0 Å². The number of nitrogens with one attached hydrogen (secondary N) is 1. The van der Waals surface area contributed by atoms with E-state index in [1.807, 2.05) is 6.92 Å². The number of pyridine rings is 1. The maximum Gasteiger partial charge on any atom is 0.263 e. The van der Waals surface area contributed by atoms with Gasteiger partial charge in [-0.25, -0.2) is 8.42 Å². The van der Waals surface area contributed by atoms with Gasteiger partial charge in [-0.1, -0.05) is 6.07 Å². The van der Waals surface area contributed by atoms with E-state index in [2.05, 4.69) is 25.6 Å². The Labute approximate surface area is 125 Å². The third-order valence-corrected chi connectivity index (χ3v) is 4.45. The van der Waals surface area contributed by atoms with E-state index in [1.54, 1.807) is 19.1 Å². The van der Waals surface area contributed by atoms with Gasteiger partial charge in [-0.15, -0.1) is 0 Å². The second-order valence-corrected chi connectivity index (χ2v) is 7.02. The first-order chi connectivity index (χ1) is 9.29. The van der Waals surface area contributed by atoms with Crippen LogP contribution in [0.5, 0.6) is 5.75 Å². The van der Waals surface area contributed by atoms with E-state index in [1.165, 1.54) is 18.5 Å². The Hall–Kier alpha value is -1.60. The molecule has 0 fully saturated rings. The Morgan fingerprint density at radius 2 is 1.90 bits per heavy atom. The average molecular weight is 357 g/mol. The zero-order valence-electron chi connectivity index (χ0n) is 10.9. The van der Waals surface area contributed by atoms with Crippen molar-refractivity contribution in [2.24, 2.45) is 0 Å². The van der Waals surface area contributed by atoms with Gasteiger partial charge in [0, 0.05) is 16.9 Å². The average Bonchev–Trinajstić information content (AvgIpc) is 2.35. The molecular formula is C13H13BrN2O3S. The Morgan fingerprint density at radius 1 is 1.20 bits per heavy atom. The molecule has 0 radical (unpaired) electrons. The Morgan fingerprint density at radius 3 is 2.55 bits per heavy atom. The first-order valence-electron chi connectivity index (χ1n) is 5.73. The molecule has 0 atom stereocenters. The summed E-state index contributed by atoms with van der Waals surface area (Å²) in [6.45, 7) is 3.53. The molecule has 1 heterocycles. The van der Waals surface area contributed by atoms with Gasteiger partial charge in [-0.2, -0.15) is 0 Å². The molecule has 106 valence electrons. The molecule has 0 aliphatic carbocycles. The molecule has 7 heteroatoms. The molecule has 2 rings (SSSR count). The van der Waals surface area contributed by atoms with Crippen molar-refractivity contribution in [3.8, 4) is 5.75 Å². The third-order valence-electron chi connectivity index (χ3n) is 2.68. The second-order valence-electron chi connectivity index (χ2n) is 4.42. The lowest BCUT2D eigenvalue weighted by atomic mass is 10.1. The molecule has 5 nitrogen and oxygen atoms in total. The van der Waals surface area contributed by atoms with Gasteiger partial charge in [-0.05, 0) is 53.0 Å². The number of phenols is 1. The fourth-order valence-corrected chi connectivity index (χ4v) is 3.34. The maximum atomic E-state index is 12.2. The van der Waals surface area contributed by atoms with Crippen molar-refractivity contribution in [2.45, 2.75) is 18.7 Å². The van der Waals surface area contributed by atoms with Crippen molar-refractivity contribution in [1.29, 1.82) is 0 Å². The topological polar surface area (TPSA) is 79.3 Å². The number of aryl methyl sites for hydroxylation is 2. The molecule has 1 aromatic heterocycles. The fourth-order valence-electron chi connectivity index (χ4n) is 1.78. The van der Waals surface area contributed by atoms with Crippen molar-refractivity contribution in [2.75, 3.05) is 4.72 Å². The first kappa shape index (κ1) is 14.8. The van der Waals surface area contributed by atoms with Gasteiger partial charge in [0.1, 0.15) is 10.6 Å². The third kappa shape index (κ3) is 3.10. The summed E-state index contributed by atoms with van der Waals surface area (Å²) in [7, 11) is -3.79. The van der Waals surface area contributed by atoms with E-state index in [0.717, 1.165) is 5.56 Å². The van der Waals surface area contributed by atoms with Crippen LogP contribution in [0.25, 0.3) is 0 Å². The molecule has 2 aromatic rings. The first-order valence-corrected chi connectivity index (χ1v) is 8.01. The maximum absolute atomic E-state index is 12.2. The van der Waals surface area contributed by atoms with E-state index in [4.69, 9.17) is 0 Å². The van der Waals surface area contributed by atoms with Crippen molar-refractivity contribution >= 4 is 31.6 Å². The summed E-state index contributed by atoms with van der Waals surface area (Å²) in [5.41, 5.74) is 1.61. The monoisotopic (exact) mass is 356 g/mol. The minimum Gasteiger partial charge on any atom is -0.505 e. The summed E-state index contributed by atoms with van der Waals surface area (Å²) in [6.07, 6.45) is 2.74. The van der Waals surface area contributed by atoms with Crippen LogP contribution in [0, 0.1) is 13.8 Å². The molecule has 0 unspecified atom stereocenters. The lowest BCUT2D eigenvalue weighted by Crippen LogP contribution is -2.13. The number of hydrogen-bond acceptors (Lipinski definition) is 4. The number of hydrogen-bond donors (Lipinski definition) is 2. The van der Waals surface area contributed by atoms with Crippen LogP contribution in [0.2, 0.25) is 0 Å². The quantitative estimate of drug-likeness (QED) is 0.828. The van der Waals surface area contributed by atoms with Crippen LogP contribution in [0.1, 0.15) is 11.1 Å². The molecule has 2 N–H and O–H groups in total. The molecule has 0 saturated carbocycles. The predicted octanol–water partition coefficient (Wildman–Crippen LogP) is 2.97. The van der Waals surface area contributed by atoms with Crippen molar-refractivity contribution < 1.29 is 13.5 Å². The van der Waals surface area contributed by atoms with Gasteiger partial charge >= 0.3 is 0 Å². The highest BCUT2D eigenvalue weighted by Crippen LogP contribution is 2.30. The normalized spacial score (nSPS) is 11.3. The highest BCUT2D eigenvalue weighted by Gasteiger charge is 2.17. The minimum absolute atomic E-state index is 0.0189. The van der Waals surface area contributed by atoms with Gasteiger partial charge in [0.2, 0.25) is 0 Å². The zero-order chi connectivity index (χ0) is 14.9.